The molecular weight excluding hydrogens is 432 g/mol. The van der Waals surface area contributed by atoms with E-state index in [1.54, 1.807) is 0 Å². The van der Waals surface area contributed by atoms with Crippen molar-refractivity contribution >= 4 is 23.6 Å². The Kier molecular flexibility index (Phi) is 11.0. The third-order valence-corrected chi connectivity index (χ3v) is 6.26. The molecule has 0 aromatic heterocycles. The number of nitrogens with one attached hydrogen (secondary N) is 2. The van der Waals surface area contributed by atoms with E-state index in [1.165, 1.54) is 0 Å². The molecule has 0 bridgehead atoms. The van der Waals surface area contributed by atoms with Gasteiger partial charge in [0.25, 0.3) is 0 Å². The van der Waals surface area contributed by atoms with Gasteiger partial charge >= 0.3 is 12.2 Å². The summed E-state index contributed by atoms with van der Waals surface area (Å²) in [5, 5.41) is 14.0. The zero-order valence-electron chi connectivity index (χ0n) is 23.2. The Hall–Kier alpha value is -2.12. The first-order valence-electron chi connectivity index (χ1n) is 12.6. The van der Waals surface area contributed by atoms with E-state index in [0.29, 0.717) is 13.0 Å². The number of hydrogen-bond donors (Lipinski definition) is 2. The van der Waals surface area contributed by atoms with E-state index in [0.717, 1.165) is 24.3 Å². The molecule has 1 saturated carbocycles. The van der Waals surface area contributed by atoms with Crippen molar-refractivity contribution in [2.24, 2.45) is 44.8 Å². The van der Waals surface area contributed by atoms with Crippen LogP contribution in [-0.2, 0) is 9.68 Å². The molecule has 0 aromatic carbocycles. The highest BCUT2D eigenvalue weighted by Gasteiger charge is 2.42. The minimum absolute atomic E-state index is 0.0125. The van der Waals surface area contributed by atoms with Crippen molar-refractivity contribution in [2.75, 3.05) is 6.54 Å². The SMILES string of the molecule is CC(C)C(=NOC(=O)NCC1(C)CC(NC(=O)ON=C(C(C)C)C(C)C)CC(C)(C)C1)C(C)C. The van der Waals surface area contributed by atoms with Gasteiger partial charge in [-0.25, -0.2) is 9.59 Å². The molecule has 0 radical (unpaired) electrons. The summed E-state index contributed by atoms with van der Waals surface area (Å²) in [6.07, 6.45) is 1.34. The molecule has 0 aliphatic heterocycles. The fourth-order valence-corrected chi connectivity index (χ4v) is 5.32. The molecule has 0 aromatic rings. The summed E-state index contributed by atoms with van der Waals surface area (Å²) in [5.74, 6) is 0.823. The molecular formula is C26H48N4O4. The number of rotatable bonds is 9. The number of nitrogens with zero attached hydrogens (tertiary/aromatic N) is 2. The molecule has 34 heavy (non-hydrogen) atoms. The van der Waals surface area contributed by atoms with Crippen LogP contribution in [0, 0.1) is 34.5 Å². The number of oxime groups is 2. The summed E-state index contributed by atoms with van der Waals surface area (Å²) < 4.78 is 0. The third kappa shape index (κ3) is 10.0. The Bertz CT molecular complexity index is 736. The highest BCUT2D eigenvalue weighted by atomic mass is 16.7. The first kappa shape index (κ1) is 29.9. The van der Waals surface area contributed by atoms with Crippen molar-refractivity contribution < 1.29 is 19.3 Å². The molecule has 0 heterocycles. The largest absolute Gasteiger partial charge is 0.433 e. The van der Waals surface area contributed by atoms with Crippen molar-refractivity contribution in [3.05, 3.63) is 0 Å². The van der Waals surface area contributed by atoms with E-state index in [4.69, 9.17) is 9.68 Å². The van der Waals surface area contributed by atoms with Gasteiger partial charge < -0.3 is 10.6 Å². The van der Waals surface area contributed by atoms with Gasteiger partial charge in [0.05, 0.1) is 11.4 Å². The quantitative estimate of drug-likeness (QED) is 0.228. The van der Waals surface area contributed by atoms with Crippen LogP contribution in [-0.4, -0.2) is 36.2 Å². The molecule has 196 valence electrons. The van der Waals surface area contributed by atoms with E-state index in [2.05, 4.69) is 41.7 Å². The smallest absolute Gasteiger partial charge is 0.319 e. The summed E-state index contributed by atoms with van der Waals surface area (Å²) in [5.41, 5.74) is 1.48. The van der Waals surface area contributed by atoms with Gasteiger partial charge in [0.15, 0.2) is 0 Å². The van der Waals surface area contributed by atoms with Crippen LogP contribution in [0.4, 0.5) is 9.59 Å². The molecule has 8 heteroatoms. The lowest BCUT2D eigenvalue weighted by Crippen LogP contribution is -2.50. The van der Waals surface area contributed by atoms with Crippen molar-refractivity contribution in [3.63, 3.8) is 0 Å². The predicted octanol–water partition coefficient (Wildman–Crippen LogP) is 6.36. The second-order valence-corrected chi connectivity index (χ2v) is 12.2. The summed E-state index contributed by atoms with van der Waals surface area (Å²) in [6.45, 7) is 23.2. The van der Waals surface area contributed by atoms with E-state index in [-0.39, 0.29) is 40.5 Å². The first-order valence-corrected chi connectivity index (χ1v) is 12.6. The van der Waals surface area contributed by atoms with Crippen LogP contribution >= 0.6 is 0 Å². The maximum absolute atomic E-state index is 12.5. The molecule has 2 unspecified atom stereocenters. The van der Waals surface area contributed by atoms with E-state index >= 15 is 0 Å². The van der Waals surface area contributed by atoms with Crippen molar-refractivity contribution in [2.45, 2.75) is 101 Å². The van der Waals surface area contributed by atoms with Crippen LogP contribution in [0.2, 0.25) is 0 Å². The average Bonchev–Trinajstić information content (AvgIpc) is 2.64. The Morgan fingerprint density at radius 1 is 0.794 bits per heavy atom. The molecule has 0 spiro atoms. The molecule has 1 aliphatic rings. The third-order valence-electron chi connectivity index (χ3n) is 6.26. The molecule has 0 saturated heterocycles. The maximum atomic E-state index is 12.5. The van der Waals surface area contributed by atoms with Gasteiger partial charge in [0, 0.05) is 12.6 Å². The zero-order chi connectivity index (χ0) is 26.3. The van der Waals surface area contributed by atoms with Crippen LogP contribution in [0.3, 0.4) is 0 Å². The Morgan fingerprint density at radius 3 is 1.68 bits per heavy atom. The summed E-state index contributed by atoms with van der Waals surface area (Å²) in [4.78, 5) is 35.1. The molecule has 2 N–H and O–H groups in total. The van der Waals surface area contributed by atoms with Crippen LogP contribution in [0.25, 0.3) is 0 Å². The van der Waals surface area contributed by atoms with Crippen molar-refractivity contribution in [1.82, 2.24) is 10.6 Å². The standard InChI is InChI=1S/C26H48N4O4/c1-16(2)21(17(3)4)29-33-23(31)27-15-26(11)13-20(12-25(9,10)14-26)28-24(32)34-30-22(18(5)6)19(7)8/h16-20H,12-15H2,1-11H3,(H,27,31)(H,28,32). The van der Waals surface area contributed by atoms with Crippen molar-refractivity contribution in [3.8, 4) is 0 Å². The highest BCUT2D eigenvalue weighted by Crippen LogP contribution is 2.45. The van der Waals surface area contributed by atoms with Gasteiger partial charge in [-0.1, -0.05) is 86.5 Å². The monoisotopic (exact) mass is 480 g/mol. The molecule has 8 nitrogen and oxygen atoms in total. The summed E-state index contributed by atoms with van der Waals surface area (Å²) in [6, 6.07) is -0.0812. The minimum Gasteiger partial charge on any atom is -0.319 e. The van der Waals surface area contributed by atoms with E-state index in [1.807, 2.05) is 55.4 Å². The van der Waals surface area contributed by atoms with Gasteiger partial charge in [0.2, 0.25) is 0 Å². The number of carbonyl (C=O) groups excluding carboxylic acids is 2. The van der Waals surface area contributed by atoms with Gasteiger partial charge in [-0.2, -0.15) is 0 Å². The van der Waals surface area contributed by atoms with Crippen LogP contribution < -0.4 is 10.6 Å². The first-order chi connectivity index (χ1) is 15.5. The lowest BCUT2D eigenvalue weighted by Gasteiger charge is -2.46. The maximum Gasteiger partial charge on any atom is 0.433 e. The van der Waals surface area contributed by atoms with E-state index in [9.17, 15) is 9.59 Å². The molecule has 1 rings (SSSR count). The van der Waals surface area contributed by atoms with Gasteiger partial charge in [0.1, 0.15) is 0 Å². The van der Waals surface area contributed by atoms with E-state index < -0.39 is 12.2 Å². The predicted molar refractivity (Wildman–Crippen MR) is 138 cm³/mol. The summed E-state index contributed by atoms with van der Waals surface area (Å²) >= 11 is 0. The lowest BCUT2D eigenvalue weighted by molar-refractivity contribution is 0.0628. The molecule has 2 amide bonds. The second kappa shape index (κ2) is 12.5. The van der Waals surface area contributed by atoms with Crippen molar-refractivity contribution in [1.29, 1.82) is 0 Å². The number of hydrogen-bond acceptors (Lipinski definition) is 6. The van der Waals surface area contributed by atoms with Gasteiger partial charge in [-0.15, -0.1) is 0 Å². The summed E-state index contributed by atoms with van der Waals surface area (Å²) in [7, 11) is 0. The lowest BCUT2D eigenvalue weighted by atomic mass is 9.62. The van der Waals surface area contributed by atoms with Crippen LogP contribution in [0.5, 0.6) is 0 Å². The average molecular weight is 481 g/mol. The second-order valence-electron chi connectivity index (χ2n) is 12.2. The topological polar surface area (TPSA) is 101 Å². The number of carbonyl (C=O) groups is 2. The highest BCUT2D eigenvalue weighted by molar-refractivity contribution is 5.88. The zero-order valence-corrected chi connectivity index (χ0v) is 23.2. The Labute approximate surface area is 206 Å². The minimum atomic E-state index is -0.559. The fraction of sp³-hybridized carbons (Fsp3) is 0.846. The molecule has 1 fully saturated rings. The molecule has 2 atom stereocenters. The number of amides is 2. The van der Waals surface area contributed by atoms with Gasteiger partial charge in [-0.05, 0) is 53.8 Å². The van der Waals surface area contributed by atoms with Crippen LogP contribution in [0.1, 0.15) is 95.4 Å². The van der Waals surface area contributed by atoms with Gasteiger partial charge in [-0.3, -0.25) is 9.68 Å². The van der Waals surface area contributed by atoms with Crippen LogP contribution in [0.15, 0.2) is 10.3 Å². The normalized spacial score (nSPS) is 21.9. The fourth-order valence-electron chi connectivity index (χ4n) is 5.32. The Balaban J connectivity index is 2.76. The Morgan fingerprint density at radius 2 is 1.24 bits per heavy atom. The molecule has 1 aliphatic carbocycles.